The van der Waals surface area contributed by atoms with Crippen molar-refractivity contribution >= 4 is 14.8 Å². The summed E-state index contributed by atoms with van der Waals surface area (Å²) < 4.78 is 1.83. The molecule has 0 aromatic heterocycles. The van der Waals surface area contributed by atoms with Crippen LogP contribution in [-0.2, 0) is 28.8 Å². The molecule has 0 bridgehead atoms. The average Bonchev–Trinajstić information content (AvgIpc) is 3.08. The summed E-state index contributed by atoms with van der Waals surface area (Å²) >= 11 is -0.497. The Labute approximate surface area is 194 Å². The smallest absolute Gasteiger partial charge is 1.00 e. The first kappa shape index (κ1) is 23.9. The summed E-state index contributed by atoms with van der Waals surface area (Å²) in [5.74, 6) is 0.0344. The molecule has 4 rings (SSSR count). The molecule has 2 aromatic carbocycles. The second-order valence-electron chi connectivity index (χ2n) is 8.22. The van der Waals surface area contributed by atoms with Crippen LogP contribution in [0.4, 0.5) is 0 Å². The van der Waals surface area contributed by atoms with E-state index in [9.17, 15) is 0 Å². The van der Waals surface area contributed by atoms with Crippen LogP contribution in [0.1, 0.15) is 44.4 Å². The number of allylic oxidation sites excluding steroid dienone is 4. The van der Waals surface area contributed by atoms with Gasteiger partial charge in [-0.1, -0.05) is 0 Å². The van der Waals surface area contributed by atoms with Gasteiger partial charge in [0.2, 0.25) is 0 Å². The summed E-state index contributed by atoms with van der Waals surface area (Å²) in [6.45, 7) is 14.5. The Kier molecular flexibility index (Phi) is 7.82. The molecule has 4 heteroatoms. The van der Waals surface area contributed by atoms with Gasteiger partial charge in [-0.2, -0.15) is 0 Å². The standard InChI is InChI=1S/C22H21.C2H7Si.2ClH.Zr/c1-13-14(2)16(4)22(15(13)3)18-9-10-21-19(12-18)11-17-7-5-6-8-20(17)21;1-3-2;;;/h5-10,15H,11H2,1-4H3;3H,1-2H3;2*1H;/q;;;;+2/p-2. The van der Waals surface area contributed by atoms with E-state index in [0.717, 1.165) is 6.42 Å². The largest absolute Gasteiger partial charge is 1.00 e. The molecule has 0 spiro atoms. The maximum Gasteiger partial charge on any atom is -1.00 e. The van der Waals surface area contributed by atoms with Crippen LogP contribution < -0.4 is 28.1 Å². The number of hydrogen-bond donors (Lipinski definition) is 0. The number of hydrogen-bond acceptors (Lipinski definition) is 0. The van der Waals surface area contributed by atoms with Crippen LogP contribution in [0.5, 0.6) is 0 Å². The van der Waals surface area contributed by atoms with Crippen LogP contribution in [0.2, 0.25) is 13.1 Å². The SMILES string of the molecule is CC1=C(C)C(C)C(c2ccc3c([c]2[Zr+2][SiH](C)C)Cc2ccccc2-3)=C1C.[Cl-].[Cl-]. The van der Waals surface area contributed by atoms with Crippen molar-refractivity contribution in [1.29, 1.82) is 0 Å². The zero-order chi connectivity index (χ0) is 18.6. The van der Waals surface area contributed by atoms with Gasteiger partial charge in [0.15, 0.2) is 0 Å². The van der Waals surface area contributed by atoms with E-state index >= 15 is 0 Å². The molecule has 2 aromatic rings. The van der Waals surface area contributed by atoms with Crippen molar-refractivity contribution in [2.45, 2.75) is 47.2 Å². The fourth-order valence-electron chi connectivity index (χ4n) is 4.69. The van der Waals surface area contributed by atoms with Gasteiger partial charge >= 0.3 is 171 Å². The van der Waals surface area contributed by atoms with Crippen molar-refractivity contribution in [2.75, 3.05) is 0 Å². The summed E-state index contributed by atoms with van der Waals surface area (Å²) in [5.41, 5.74) is 14.1. The molecule has 28 heavy (non-hydrogen) atoms. The third-order valence-corrected chi connectivity index (χ3v) is 15.0. The van der Waals surface area contributed by atoms with Crippen LogP contribution in [0.15, 0.2) is 53.1 Å². The Morgan fingerprint density at radius 3 is 2.11 bits per heavy atom. The Bertz CT molecular complexity index is 973. The predicted molar refractivity (Wildman–Crippen MR) is 113 cm³/mol. The first-order chi connectivity index (χ1) is 12.4. The second-order valence-corrected chi connectivity index (χ2v) is 22.7. The minimum Gasteiger partial charge on any atom is -1.00 e. The van der Waals surface area contributed by atoms with E-state index in [-0.39, 0.29) is 24.8 Å². The molecule has 0 amide bonds. The molecule has 0 fully saturated rings. The van der Waals surface area contributed by atoms with Crippen LogP contribution >= 0.6 is 0 Å². The molecule has 2 aliphatic carbocycles. The van der Waals surface area contributed by atoms with Crippen molar-refractivity contribution in [2.24, 2.45) is 5.92 Å². The van der Waals surface area contributed by atoms with Crippen molar-refractivity contribution in [3.05, 3.63) is 69.8 Å². The van der Waals surface area contributed by atoms with Gasteiger partial charge in [-0.25, -0.2) is 0 Å². The molecule has 0 nitrogen and oxygen atoms in total. The van der Waals surface area contributed by atoms with E-state index < -0.39 is 28.3 Å². The van der Waals surface area contributed by atoms with E-state index in [0.29, 0.717) is 5.92 Å². The summed E-state index contributed by atoms with van der Waals surface area (Å²) in [6.07, 6.45) is 1.16. The Morgan fingerprint density at radius 1 is 0.857 bits per heavy atom. The Hall–Kier alpha value is -0.400. The summed E-state index contributed by atoms with van der Waals surface area (Å²) in [7, 11) is 0. The van der Waals surface area contributed by atoms with E-state index in [4.69, 9.17) is 0 Å². The van der Waals surface area contributed by atoms with Crippen LogP contribution in [0.25, 0.3) is 16.7 Å². The van der Waals surface area contributed by atoms with Gasteiger partial charge in [0.05, 0.1) is 0 Å². The summed E-state index contributed by atoms with van der Waals surface area (Å²) in [4.78, 5) is 0. The maximum absolute atomic E-state index is 2.56. The van der Waals surface area contributed by atoms with Crippen LogP contribution in [0, 0.1) is 5.92 Å². The first-order valence-electron chi connectivity index (χ1n) is 9.79. The van der Waals surface area contributed by atoms with Gasteiger partial charge in [0.1, 0.15) is 0 Å². The van der Waals surface area contributed by atoms with Gasteiger partial charge in [-0.15, -0.1) is 0 Å². The molecule has 2 aliphatic rings. The second kappa shape index (κ2) is 9.17. The zero-order valence-corrected chi connectivity index (χ0v) is 22.7. The molecule has 146 valence electrons. The van der Waals surface area contributed by atoms with Crippen LogP contribution in [-0.4, -0.2) is 5.92 Å². The molecule has 0 saturated heterocycles. The molecular formula is C24H28Cl2SiZr. The monoisotopic (exact) mass is 504 g/mol. The van der Waals surface area contributed by atoms with E-state index in [1.165, 1.54) is 27.8 Å². The first-order valence-corrected chi connectivity index (χ1v) is 18.2. The van der Waals surface area contributed by atoms with Gasteiger partial charge < -0.3 is 24.8 Å². The topological polar surface area (TPSA) is 0 Å². The third kappa shape index (κ3) is 3.83. The van der Waals surface area contributed by atoms with Crippen LogP contribution in [0.3, 0.4) is 0 Å². The molecule has 0 aliphatic heterocycles. The fourth-order valence-corrected chi connectivity index (χ4v) is 13.4. The molecule has 0 heterocycles. The van der Waals surface area contributed by atoms with E-state index in [1.807, 2.05) is 3.27 Å². The number of halogens is 2. The molecule has 0 saturated carbocycles. The summed E-state index contributed by atoms with van der Waals surface area (Å²) in [6, 6.07) is 14.0. The molecule has 1 unspecified atom stereocenters. The molecular weight excluding hydrogens is 478 g/mol. The van der Waals surface area contributed by atoms with E-state index in [1.54, 1.807) is 22.3 Å². The zero-order valence-electron chi connectivity index (χ0n) is 17.6. The van der Waals surface area contributed by atoms with Gasteiger partial charge in [-0.3, -0.25) is 0 Å². The number of benzene rings is 2. The molecule has 1 atom stereocenters. The Balaban J connectivity index is 0.00000140. The number of fused-ring (bicyclic) bond motifs is 3. The van der Waals surface area contributed by atoms with E-state index in [2.05, 4.69) is 77.2 Å². The number of rotatable bonds is 3. The van der Waals surface area contributed by atoms with Gasteiger partial charge in [0.25, 0.3) is 0 Å². The van der Waals surface area contributed by atoms with Crippen molar-refractivity contribution in [3.63, 3.8) is 0 Å². The van der Waals surface area contributed by atoms with Crippen molar-refractivity contribution in [3.8, 4) is 11.1 Å². The average molecular weight is 507 g/mol. The minimum atomic E-state index is -0.539. The quantitative estimate of drug-likeness (QED) is 0.429. The third-order valence-electron chi connectivity index (χ3n) is 6.35. The molecule has 0 N–H and O–H groups in total. The molecule has 0 radical (unpaired) electrons. The van der Waals surface area contributed by atoms with Crippen molar-refractivity contribution in [1.82, 2.24) is 0 Å². The summed E-state index contributed by atoms with van der Waals surface area (Å²) in [5, 5.41) is 0. The van der Waals surface area contributed by atoms with Gasteiger partial charge in [-0.05, 0) is 0 Å². The normalized spacial score (nSPS) is 17.2. The minimum absolute atomic E-state index is 0. The predicted octanol–water partition coefficient (Wildman–Crippen LogP) is -0.283. The fraction of sp³-hybridized carbons (Fsp3) is 0.333. The van der Waals surface area contributed by atoms with Gasteiger partial charge in [0, 0.05) is 0 Å². The van der Waals surface area contributed by atoms with Crippen molar-refractivity contribution < 1.29 is 47.2 Å². The Morgan fingerprint density at radius 2 is 1.50 bits per heavy atom. The maximum atomic E-state index is 2.56.